The van der Waals surface area contributed by atoms with E-state index in [1.807, 2.05) is 6.92 Å². The lowest BCUT2D eigenvalue weighted by atomic mass is 10.1. The zero-order valence-corrected chi connectivity index (χ0v) is 11.0. The molecule has 0 bridgehead atoms. The summed E-state index contributed by atoms with van der Waals surface area (Å²) in [6.07, 6.45) is 0. The predicted octanol–water partition coefficient (Wildman–Crippen LogP) is 0.348. The first kappa shape index (κ1) is 15.0. The van der Waals surface area contributed by atoms with Crippen LogP contribution in [0.1, 0.15) is 17.3 Å². The van der Waals surface area contributed by atoms with Gasteiger partial charge in [0.25, 0.3) is 0 Å². The molecule has 0 aliphatic heterocycles. The number of carbonyl (C=O) groups excluding carboxylic acids is 2. The van der Waals surface area contributed by atoms with E-state index in [4.69, 9.17) is 5.11 Å². The van der Waals surface area contributed by atoms with E-state index in [-0.39, 0.29) is 41.8 Å². The number of rotatable bonds is 6. The molecule has 1 amide bonds. The van der Waals surface area contributed by atoms with E-state index in [1.54, 1.807) is 11.9 Å². The second-order valence-electron chi connectivity index (χ2n) is 4.25. The molecule has 104 valence electrons. The largest absolute Gasteiger partial charge is 0.508 e. The number of nitrogens with one attached hydrogen (secondary N) is 1. The molecule has 0 atom stereocenters. The van der Waals surface area contributed by atoms with Crippen molar-refractivity contribution in [3.8, 4) is 11.5 Å². The Morgan fingerprint density at radius 3 is 2.53 bits per heavy atom. The van der Waals surface area contributed by atoms with Crippen LogP contribution in [0.15, 0.2) is 18.2 Å². The number of hydrogen-bond acceptors (Lipinski definition) is 5. The molecule has 0 aromatic heterocycles. The van der Waals surface area contributed by atoms with Gasteiger partial charge >= 0.3 is 0 Å². The normalized spacial score (nSPS) is 10.5. The third-order valence-electron chi connectivity index (χ3n) is 2.48. The number of amides is 1. The Kier molecular flexibility index (Phi) is 5.32. The van der Waals surface area contributed by atoms with Gasteiger partial charge in [-0.25, -0.2) is 0 Å². The Hall–Kier alpha value is -2.08. The monoisotopic (exact) mass is 266 g/mol. The highest BCUT2D eigenvalue weighted by Gasteiger charge is 2.15. The van der Waals surface area contributed by atoms with Gasteiger partial charge in [-0.2, -0.15) is 0 Å². The van der Waals surface area contributed by atoms with Crippen molar-refractivity contribution in [1.82, 2.24) is 10.2 Å². The second kappa shape index (κ2) is 6.75. The van der Waals surface area contributed by atoms with Crippen LogP contribution >= 0.6 is 0 Å². The average molecular weight is 266 g/mol. The van der Waals surface area contributed by atoms with E-state index in [9.17, 15) is 14.7 Å². The van der Waals surface area contributed by atoms with Gasteiger partial charge < -0.3 is 15.5 Å². The number of phenolic OH excluding ortho intramolecular Hbond substituents is 2. The summed E-state index contributed by atoms with van der Waals surface area (Å²) in [6, 6.07) is 3.79. The van der Waals surface area contributed by atoms with Gasteiger partial charge in [-0.1, -0.05) is 0 Å². The van der Waals surface area contributed by atoms with E-state index in [0.29, 0.717) is 6.54 Å². The van der Waals surface area contributed by atoms with Crippen LogP contribution in [0.2, 0.25) is 0 Å². The van der Waals surface area contributed by atoms with Crippen LogP contribution in [-0.2, 0) is 4.79 Å². The standard InChI is InChI=1S/C13H18N2O4/c1-3-14-13(19)8-15(2)7-12(18)10-5-4-9(16)6-11(10)17/h4-6,16-17H,3,7-8H2,1-2H3,(H,14,19). The van der Waals surface area contributed by atoms with Gasteiger partial charge in [0.15, 0.2) is 5.78 Å². The Morgan fingerprint density at radius 2 is 1.95 bits per heavy atom. The fourth-order valence-corrected chi connectivity index (χ4v) is 1.64. The van der Waals surface area contributed by atoms with E-state index in [0.717, 1.165) is 6.07 Å². The first-order valence-electron chi connectivity index (χ1n) is 5.94. The van der Waals surface area contributed by atoms with E-state index in [2.05, 4.69) is 5.32 Å². The molecule has 19 heavy (non-hydrogen) atoms. The number of likely N-dealkylation sites (N-methyl/N-ethyl adjacent to an activating group) is 2. The summed E-state index contributed by atoms with van der Waals surface area (Å²) in [5.74, 6) is -0.849. The topological polar surface area (TPSA) is 89.9 Å². The molecule has 0 aliphatic carbocycles. The van der Waals surface area contributed by atoms with Gasteiger partial charge in [0, 0.05) is 12.6 Å². The Balaban J connectivity index is 2.61. The Labute approximate surface area is 111 Å². The van der Waals surface area contributed by atoms with Crippen LogP contribution in [0.5, 0.6) is 11.5 Å². The molecule has 0 heterocycles. The first-order valence-corrected chi connectivity index (χ1v) is 5.94. The van der Waals surface area contributed by atoms with Crippen molar-refractivity contribution in [2.75, 3.05) is 26.7 Å². The number of aromatic hydroxyl groups is 2. The molecule has 6 heteroatoms. The minimum atomic E-state index is -0.315. The highest BCUT2D eigenvalue weighted by atomic mass is 16.3. The number of ketones is 1. The van der Waals surface area contributed by atoms with Crippen molar-refractivity contribution in [2.24, 2.45) is 0 Å². The molecule has 0 spiro atoms. The van der Waals surface area contributed by atoms with Crippen molar-refractivity contribution in [3.05, 3.63) is 23.8 Å². The lowest BCUT2D eigenvalue weighted by molar-refractivity contribution is -0.121. The number of phenols is 2. The van der Waals surface area contributed by atoms with Crippen molar-refractivity contribution in [2.45, 2.75) is 6.92 Å². The molecule has 1 rings (SSSR count). The van der Waals surface area contributed by atoms with Crippen LogP contribution < -0.4 is 5.32 Å². The molecule has 0 fully saturated rings. The lowest BCUT2D eigenvalue weighted by Crippen LogP contribution is -2.37. The summed E-state index contributed by atoms with van der Waals surface area (Å²) >= 11 is 0. The van der Waals surface area contributed by atoms with E-state index in [1.165, 1.54) is 12.1 Å². The van der Waals surface area contributed by atoms with Gasteiger partial charge in [0.1, 0.15) is 11.5 Å². The highest BCUT2D eigenvalue weighted by Crippen LogP contribution is 2.22. The summed E-state index contributed by atoms with van der Waals surface area (Å²) in [5, 5.41) is 21.3. The number of nitrogens with zero attached hydrogens (tertiary/aromatic N) is 1. The molecule has 0 saturated carbocycles. The molecular formula is C13H18N2O4. The molecule has 1 aromatic carbocycles. The first-order chi connectivity index (χ1) is 8.93. The number of hydrogen-bond donors (Lipinski definition) is 3. The fourth-order valence-electron chi connectivity index (χ4n) is 1.64. The SMILES string of the molecule is CCNC(=O)CN(C)CC(=O)c1ccc(O)cc1O. The molecular weight excluding hydrogens is 248 g/mol. The van der Waals surface area contributed by atoms with Crippen LogP contribution in [-0.4, -0.2) is 53.5 Å². The molecule has 0 radical (unpaired) electrons. The van der Waals surface area contributed by atoms with E-state index < -0.39 is 0 Å². The maximum Gasteiger partial charge on any atom is 0.234 e. The third-order valence-corrected chi connectivity index (χ3v) is 2.48. The van der Waals surface area contributed by atoms with Gasteiger partial charge in [0.05, 0.1) is 18.7 Å². The fraction of sp³-hybridized carbons (Fsp3) is 0.385. The minimum Gasteiger partial charge on any atom is -0.508 e. The average Bonchev–Trinajstić information content (AvgIpc) is 2.28. The van der Waals surface area contributed by atoms with Crippen LogP contribution in [0, 0.1) is 0 Å². The lowest BCUT2D eigenvalue weighted by Gasteiger charge is -2.15. The number of carbonyl (C=O) groups is 2. The molecule has 0 aliphatic rings. The molecule has 0 unspecified atom stereocenters. The smallest absolute Gasteiger partial charge is 0.234 e. The summed E-state index contributed by atoms with van der Waals surface area (Å²) in [7, 11) is 1.64. The summed E-state index contributed by atoms with van der Waals surface area (Å²) in [5.41, 5.74) is 0.126. The van der Waals surface area contributed by atoms with Gasteiger partial charge in [-0.3, -0.25) is 14.5 Å². The number of benzene rings is 1. The van der Waals surface area contributed by atoms with Crippen molar-refractivity contribution in [1.29, 1.82) is 0 Å². The van der Waals surface area contributed by atoms with E-state index >= 15 is 0 Å². The number of Topliss-reactive ketones (excluding diaryl/α,β-unsaturated/α-hetero) is 1. The van der Waals surface area contributed by atoms with Crippen molar-refractivity contribution in [3.63, 3.8) is 0 Å². The van der Waals surface area contributed by atoms with Gasteiger partial charge in [0.2, 0.25) is 5.91 Å². The Morgan fingerprint density at radius 1 is 1.26 bits per heavy atom. The summed E-state index contributed by atoms with van der Waals surface area (Å²) < 4.78 is 0. The molecule has 3 N–H and O–H groups in total. The zero-order valence-electron chi connectivity index (χ0n) is 11.0. The zero-order chi connectivity index (χ0) is 14.4. The maximum absolute atomic E-state index is 11.9. The maximum atomic E-state index is 11.9. The molecule has 1 aromatic rings. The quantitative estimate of drug-likeness (QED) is 0.646. The van der Waals surface area contributed by atoms with Crippen LogP contribution in [0.25, 0.3) is 0 Å². The molecule has 6 nitrogen and oxygen atoms in total. The minimum absolute atomic E-state index is 0.00939. The molecule has 0 saturated heterocycles. The third kappa shape index (κ3) is 4.59. The van der Waals surface area contributed by atoms with Crippen molar-refractivity contribution < 1.29 is 19.8 Å². The van der Waals surface area contributed by atoms with Crippen LogP contribution in [0.4, 0.5) is 0 Å². The summed E-state index contributed by atoms with van der Waals surface area (Å²) in [6.45, 7) is 2.48. The van der Waals surface area contributed by atoms with Crippen LogP contribution in [0.3, 0.4) is 0 Å². The predicted molar refractivity (Wildman–Crippen MR) is 70.3 cm³/mol. The summed E-state index contributed by atoms with van der Waals surface area (Å²) in [4.78, 5) is 24.8. The highest BCUT2D eigenvalue weighted by molar-refractivity contribution is 6.00. The van der Waals surface area contributed by atoms with Crippen molar-refractivity contribution >= 4 is 11.7 Å². The Bertz CT molecular complexity index is 474. The van der Waals surface area contributed by atoms with Gasteiger partial charge in [-0.05, 0) is 26.1 Å². The van der Waals surface area contributed by atoms with Gasteiger partial charge in [-0.15, -0.1) is 0 Å². The second-order valence-corrected chi connectivity index (χ2v) is 4.25.